The number of nitrogens with zero attached hydrogens (tertiary/aromatic N) is 1. The van der Waals surface area contributed by atoms with Gasteiger partial charge in [0.15, 0.2) is 0 Å². The van der Waals surface area contributed by atoms with Crippen molar-refractivity contribution in [2.24, 2.45) is 0 Å². The molecule has 1 saturated heterocycles. The molecule has 0 atom stereocenters. The van der Waals surface area contributed by atoms with Gasteiger partial charge in [-0.2, -0.15) is 11.8 Å². The number of carbonyl (C=O) groups is 1. The van der Waals surface area contributed by atoms with Crippen LogP contribution in [0.25, 0.3) is 0 Å². The highest BCUT2D eigenvalue weighted by atomic mass is 35.5. The zero-order chi connectivity index (χ0) is 10.8. The van der Waals surface area contributed by atoms with E-state index in [4.69, 9.17) is 23.2 Å². The molecule has 1 fully saturated rings. The number of amides is 1. The smallest absolute Gasteiger partial charge is 0.270 e. The van der Waals surface area contributed by atoms with Crippen LogP contribution in [-0.4, -0.2) is 40.4 Å². The van der Waals surface area contributed by atoms with Crippen LogP contribution >= 0.6 is 35.0 Å². The fourth-order valence-electron chi connectivity index (χ4n) is 1.46. The summed E-state index contributed by atoms with van der Waals surface area (Å²) in [6, 6.07) is 1.58. The second kappa shape index (κ2) is 4.68. The average molecular weight is 265 g/mol. The largest absolute Gasteiger partial charge is 0.340 e. The van der Waals surface area contributed by atoms with Crippen molar-refractivity contribution in [1.82, 2.24) is 9.88 Å². The number of halogens is 2. The number of thioether (sulfide) groups is 1. The van der Waals surface area contributed by atoms with Crippen molar-refractivity contribution >= 4 is 40.9 Å². The number of H-pyrrole nitrogens is 1. The van der Waals surface area contributed by atoms with Crippen molar-refractivity contribution in [2.45, 2.75) is 0 Å². The van der Waals surface area contributed by atoms with Crippen LogP contribution in [-0.2, 0) is 0 Å². The van der Waals surface area contributed by atoms with Gasteiger partial charge in [0.05, 0.1) is 5.02 Å². The molecular formula is C9H10Cl2N2OS. The molecule has 1 aromatic heterocycles. The average Bonchev–Trinajstić information content (AvgIpc) is 2.59. The molecule has 2 heterocycles. The van der Waals surface area contributed by atoms with Crippen molar-refractivity contribution in [3.05, 3.63) is 21.9 Å². The summed E-state index contributed by atoms with van der Waals surface area (Å²) in [5.41, 5.74) is 0.469. The van der Waals surface area contributed by atoms with Gasteiger partial charge in [-0.3, -0.25) is 4.79 Å². The maximum absolute atomic E-state index is 11.9. The number of rotatable bonds is 1. The lowest BCUT2D eigenvalue weighted by molar-refractivity contribution is 0.0767. The summed E-state index contributed by atoms with van der Waals surface area (Å²) in [6.45, 7) is 1.58. The molecule has 1 aromatic rings. The molecule has 0 spiro atoms. The molecule has 1 aliphatic rings. The molecule has 2 rings (SSSR count). The minimum absolute atomic E-state index is 0.0240. The van der Waals surface area contributed by atoms with Crippen LogP contribution in [0.3, 0.4) is 0 Å². The van der Waals surface area contributed by atoms with E-state index in [1.165, 1.54) is 0 Å². The van der Waals surface area contributed by atoms with E-state index in [1.807, 2.05) is 16.7 Å². The summed E-state index contributed by atoms with van der Waals surface area (Å²) in [6.07, 6.45) is 0. The summed E-state index contributed by atoms with van der Waals surface area (Å²) in [7, 11) is 0. The topological polar surface area (TPSA) is 36.1 Å². The van der Waals surface area contributed by atoms with E-state index < -0.39 is 0 Å². The number of carbonyl (C=O) groups excluding carboxylic acids is 1. The lowest BCUT2D eigenvalue weighted by Crippen LogP contribution is -2.38. The van der Waals surface area contributed by atoms with Gasteiger partial charge in [0.1, 0.15) is 10.8 Å². The van der Waals surface area contributed by atoms with Gasteiger partial charge in [0.2, 0.25) is 0 Å². The first-order valence-corrected chi connectivity index (χ1v) is 6.50. The van der Waals surface area contributed by atoms with E-state index in [0.717, 1.165) is 24.6 Å². The summed E-state index contributed by atoms with van der Waals surface area (Å²) in [5.74, 6) is 1.96. The van der Waals surface area contributed by atoms with Crippen molar-refractivity contribution in [3.63, 3.8) is 0 Å². The highest BCUT2D eigenvalue weighted by Crippen LogP contribution is 2.23. The minimum atomic E-state index is -0.0240. The first kappa shape index (κ1) is 11.2. The van der Waals surface area contributed by atoms with Gasteiger partial charge >= 0.3 is 0 Å². The zero-order valence-corrected chi connectivity index (χ0v) is 10.3. The molecule has 15 heavy (non-hydrogen) atoms. The number of aromatic amines is 1. The van der Waals surface area contributed by atoms with Crippen LogP contribution in [0.5, 0.6) is 0 Å². The predicted octanol–water partition coefficient (Wildman–Crippen LogP) is 2.51. The Balaban J connectivity index is 2.12. The lowest BCUT2D eigenvalue weighted by atomic mass is 10.3. The molecule has 0 unspecified atom stereocenters. The van der Waals surface area contributed by atoms with Gasteiger partial charge in [0, 0.05) is 24.6 Å². The van der Waals surface area contributed by atoms with Crippen LogP contribution in [0, 0.1) is 0 Å². The Kier molecular flexibility index (Phi) is 3.49. The highest BCUT2D eigenvalue weighted by Gasteiger charge is 2.20. The van der Waals surface area contributed by atoms with Gasteiger partial charge < -0.3 is 9.88 Å². The lowest BCUT2D eigenvalue weighted by Gasteiger charge is -2.25. The summed E-state index contributed by atoms with van der Waals surface area (Å²) in [4.78, 5) is 16.5. The quantitative estimate of drug-likeness (QED) is 0.846. The van der Waals surface area contributed by atoms with Crippen LogP contribution in [0.4, 0.5) is 0 Å². The molecule has 3 nitrogen and oxygen atoms in total. The zero-order valence-electron chi connectivity index (χ0n) is 7.93. The second-order valence-electron chi connectivity index (χ2n) is 3.25. The summed E-state index contributed by atoms with van der Waals surface area (Å²) >= 11 is 13.4. The monoisotopic (exact) mass is 264 g/mol. The summed E-state index contributed by atoms with van der Waals surface area (Å²) < 4.78 is 0. The van der Waals surface area contributed by atoms with E-state index in [1.54, 1.807) is 6.07 Å². The Bertz CT molecular complexity index is 355. The molecule has 1 amide bonds. The molecule has 1 aliphatic heterocycles. The van der Waals surface area contributed by atoms with Crippen molar-refractivity contribution in [1.29, 1.82) is 0 Å². The Labute approximate surface area is 102 Å². The Hall–Kier alpha value is -0.320. The summed E-state index contributed by atoms with van der Waals surface area (Å²) in [5, 5.41) is 0.720. The van der Waals surface area contributed by atoms with Crippen molar-refractivity contribution < 1.29 is 4.79 Å². The highest BCUT2D eigenvalue weighted by molar-refractivity contribution is 7.99. The first-order valence-electron chi connectivity index (χ1n) is 4.59. The number of aromatic nitrogens is 1. The SMILES string of the molecule is O=C(c1cc(Cl)c(Cl)[nH]1)N1CCSCC1. The standard InChI is InChI=1S/C9H10Cl2N2OS/c10-6-5-7(12-8(6)11)9(14)13-1-3-15-4-2-13/h5,12H,1-4H2. The molecule has 1 N–H and O–H groups in total. The molecule has 82 valence electrons. The fraction of sp³-hybridized carbons (Fsp3) is 0.444. The number of nitrogens with one attached hydrogen (secondary N) is 1. The van der Waals surface area contributed by atoms with Gasteiger partial charge in [-0.1, -0.05) is 23.2 Å². The predicted molar refractivity (Wildman–Crippen MR) is 64.0 cm³/mol. The Morgan fingerprint density at radius 1 is 1.40 bits per heavy atom. The van der Waals surface area contributed by atoms with E-state index in [-0.39, 0.29) is 5.91 Å². The Morgan fingerprint density at radius 3 is 2.60 bits per heavy atom. The molecule has 0 aromatic carbocycles. The van der Waals surface area contributed by atoms with Crippen LogP contribution in [0.1, 0.15) is 10.5 Å². The van der Waals surface area contributed by atoms with Crippen molar-refractivity contribution in [2.75, 3.05) is 24.6 Å². The van der Waals surface area contributed by atoms with Gasteiger partial charge in [-0.15, -0.1) is 0 Å². The first-order chi connectivity index (χ1) is 7.18. The van der Waals surface area contributed by atoms with E-state index in [9.17, 15) is 4.79 Å². The maximum Gasteiger partial charge on any atom is 0.270 e. The van der Waals surface area contributed by atoms with E-state index >= 15 is 0 Å². The van der Waals surface area contributed by atoms with Crippen molar-refractivity contribution in [3.8, 4) is 0 Å². The minimum Gasteiger partial charge on any atom is -0.340 e. The molecule has 6 heteroatoms. The number of hydrogen-bond donors (Lipinski definition) is 1. The van der Waals surface area contributed by atoms with Crippen LogP contribution < -0.4 is 0 Å². The fourth-order valence-corrected chi connectivity index (χ4v) is 2.67. The number of hydrogen-bond acceptors (Lipinski definition) is 2. The normalized spacial score (nSPS) is 16.8. The third-order valence-corrected chi connectivity index (χ3v) is 3.89. The van der Waals surface area contributed by atoms with E-state index in [2.05, 4.69) is 4.98 Å². The molecule has 0 radical (unpaired) electrons. The molecular weight excluding hydrogens is 255 g/mol. The van der Waals surface area contributed by atoms with Crippen LogP contribution in [0.2, 0.25) is 10.2 Å². The Morgan fingerprint density at radius 2 is 2.07 bits per heavy atom. The maximum atomic E-state index is 11.9. The molecule has 0 saturated carbocycles. The molecule has 0 bridgehead atoms. The second-order valence-corrected chi connectivity index (χ2v) is 5.26. The van der Waals surface area contributed by atoms with E-state index in [0.29, 0.717) is 15.9 Å². The van der Waals surface area contributed by atoms with Gasteiger partial charge in [-0.25, -0.2) is 0 Å². The van der Waals surface area contributed by atoms with Gasteiger partial charge in [-0.05, 0) is 6.07 Å². The van der Waals surface area contributed by atoms with Gasteiger partial charge in [0.25, 0.3) is 5.91 Å². The third kappa shape index (κ3) is 2.44. The third-order valence-electron chi connectivity index (χ3n) is 2.25. The molecule has 0 aliphatic carbocycles. The van der Waals surface area contributed by atoms with Crippen LogP contribution in [0.15, 0.2) is 6.07 Å².